The Balaban J connectivity index is 5.73. The number of phosphoric ester groups is 2. The highest BCUT2D eigenvalue weighted by Crippen LogP contribution is 2.50. The molecule has 0 aromatic carbocycles. The van der Waals surface area contributed by atoms with Gasteiger partial charge in [0, 0.05) is 32.9 Å². The van der Waals surface area contributed by atoms with Crippen molar-refractivity contribution in [3.05, 3.63) is 50.6 Å². The second-order valence-electron chi connectivity index (χ2n) is 16.4. The minimum atomic E-state index is -4.46. The minimum absolute atomic E-state index is 0.0611. The summed E-state index contributed by atoms with van der Waals surface area (Å²) in [7, 11) is -8.45. The van der Waals surface area contributed by atoms with Crippen LogP contribution in [-0.2, 0) is 69.7 Å². The monoisotopic (exact) mass is 1020 g/mol. The van der Waals surface area contributed by atoms with Gasteiger partial charge < -0.3 is 25.4 Å². The Bertz CT molecular complexity index is 1550. The van der Waals surface area contributed by atoms with Gasteiger partial charge in [0.05, 0.1) is 39.6 Å². The Morgan fingerprint density at radius 2 is 1.03 bits per heavy atom. The van der Waals surface area contributed by atoms with Gasteiger partial charge in [-0.15, -0.1) is 19.7 Å². The number of carbonyl (C=O) groups excluding carboxylic acids is 5. The van der Waals surface area contributed by atoms with E-state index in [-0.39, 0.29) is 65.4 Å². The largest absolute Gasteiger partial charge is 0.475 e. The number of esters is 2. The topological polar surface area (TPSA) is 229 Å². The molecule has 0 saturated carbocycles. The summed E-state index contributed by atoms with van der Waals surface area (Å²) in [6, 6.07) is -1.31. The number of phosphoric acid groups is 2. The highest BCUT2D eigenvalue weighted by atomic mass is 31.2. The number of amides is 3. The summed E-state index contributed by atoms with van der Waals surface area (Å²) in [6.07, 6.45) is 23.5. The first-order chi connectivity index (χ1) is 33.2. The van der Waals surface area contributed by atoms with Crippen molar-refractivity contribution in [3.63, 3.8) is 0 Å². The molecule has 0 bridgehead atoms. The molecule has 69 heavy (non-hydrogen) atoms. The van der Waals surface area contributed by atoms with E-state index in [4.69, 9.17) is 36.6 Å². The van der Waals surface area contributed by atoms with Gasteiger partial charge in [-0.25, -0.2) is 9.13 Å². The lowest BCUT2D eigenvalue weighted by molar-refractivity contribution is -0.152. The highest BCUT2D eigenvalue weighted by molar-refractivity contribution is 7.48. The van der Waals surface area contributed by atoms with E-state index in [1.54, 1.807) is 0 Å². The number of unbranched alkanes of at least 4 members (excludes halogenated alkanes) is 14. The van der Waals surface area contributed by atoms with Gasteiger partial charge in [-0.3, -0.25) is 51.1 Å². The van der Waals surface area contributed by atoms with Gasteiger partial charge in [0.2, 0.25) is 17.7 Å². The zero-order valence-electron chi connectivity index (χ0n) is 42.1. The van der Waals surface area contributed by atoms with Crippen LogP contribution in [0.4, 0.5) is 0 Å². The molecule has 0 aliphatic carbocycles. The fourth-order valence-corrected chi connectivity index (χ4v) is 9.00. The second-order valence-corrected chi connectivity index (χ2v) is 19.8. The third kappa shape index (κ3) is 36.2. The molecular formula is C49H87N3O15P2. The first kappa shape index (κ1) is 65.5. The Kier molecular flexibility index (Phi) is 41.2. The summed E-state index contributed by atoms with van der Waals surface area (Å²) >= 11 is 0. The lowest BCUT2D eigenvalue weighted by Crippen LogP contribution is -2.49. The van der Waals surface area contributed by atoms with Gasteiger partial charge in [-0.2, -0.15) is 0 Å². The maximum Gasteiger partial charge on any atom is 0.475 e. The molecule has 0 aliphatic rings. The standard InChI is InChI=1S/C49H87N3O15P2/c1-8-14-16-18-19-20-21-22-23-25-27-31-46(54)52-45(48(56)50-33-32-43(67-42(7)53)29-26-24-17-15-9-2)41-66-69(59,63-38-13-6)65-40-34-51-47(55)44(49(57)60-35-10-3)30-28-39-64-68(58,61-36-11-4)62-37-12-5/h10-13,43-45H,3-6,8-9,14-41H2,1-2,7H3,(H,50,56)(H,51,55)(H,52,54). The number of ether oxygens (including phenoxy) is 2. The number of carbonyl (C=O) groups is 5. The molecule has 0 heterocycles. The van der Waals surface area contributed by atoms with Crippen molar-refractivity contribution >= 4 is 45.3 Å². The molecule has 3 N–H and O–H groups in total. The molecule has 0 rings (SSSR count). The van der Waals surface area contributed by atoms with Crippen LogP contribution in [-0.4, -0.2) is 101 Å². The normalized spacial score (nSPS) is 13.5. The average molecular weight is 1020 g/mol. The first-order valence-corrected chi connectivity index (χ1v) is 27.8. The molecule has 0 spiro atoms. The van der Waals surface area contributed by atoms with Crippen LogP contribution in [0.3, 0.4) is 0 Å². The molecule has 0 saturated heterocycles. The Morgan fingerprint density at radius 1 is 0.536 bits per heavy atom. The van der Waals surface area contributed by atoms with Crippen molar-refractivity contribution in [1.29, 1.82) is 0 Å². The van der Waals surface area contributed by atoms with E-state index in [9.17, 15) is 33.1 Å². The summed E-state index contributed by atoms with van der Waals surface area (Å²) in [5, 5.41) is 8.03. The fraction of sp³-hybridized carbons (Fsp3) is 0.735. The van der Waals surface area contributed by atoms with Gasteiger partial charge >= 0.3 is 27.6 Å². The minimum Gasteiger partial charge on any atom is -0.462 e. The molecule has 4 atom stereocenters. The smallest absolute Gasteiger partial charge is 0.462 e. The van der Waals surface area contributed by atoms with Crippen LogP contribution >= 0.6 is 15.6 Å². The summed E-state index contributed by atoms with van der Waals surface area (Å²) in [5.41, 5.74) is 0. The van der Waals surface area contributed by atoms with Crippen LogP contribution < -0.4 is 16.0 Å². The molecular weight excluding hydrogens is 932 g/mol. The summed E-state index contributed by atoms with van der Waals surface area (Å²) in [5.74, 6) is -4.38. The molecule has 0 aromatic heterocycles. The van der Waals surface area contributed by atoms with Crippen LogP contribution in [0.15, 0.2) is 50.6 Å². The van der Waals surface area contributed by atoms with Crippen molar-refractivity contribution in [1.82, 2.24) is 16.0 Å². The van der Waals surface area contributed by atoms with Gasteiger partial charge in [0.1, 0.15) is 24.7 Å². The van der Waals surface area contributed by atoms with E-state index < -0.39 is 76.6 Å². The van der Waals surface area contributed by atoms with E-state index in [1.807, 2.05) is 0 Å². The summed E-state index contributed by atoms with van der Waals surface area (Å²) in [6.45, 7) is 17.7. The molecule has 0 aromatic rings. The van der Waals surface area contributed by atoms with Gasteiger partial charge in [0.15, 0.2) is 0 Å². The van der Waals surface area contributed by atoms with Crippen LogP contribution in [0, 0.1) is 5.92 Å². The zero-order chi connectivity index (χ0) is 51.4. The number of hydrogen-bond acceptors (Lipinski definition) is 15. The van der Waals surface area contributed by atoms with E-state index in [1.165, 1.54) is 69.8 Å². The molecule has 0 fully saturated rings. The second kappa shape index (κ2) is 43.3. The fourth-order valence-electron chi connectivity index (χ4n) is 6.69. The first-order valence-electron chi connectivity index (χ1n) is 24.9. The van der Waals surface area contributed by atoms with Crippen molar-refractivity contribution in [2.24, 2.45) is 5.92 Å². The van der Waals surface area contributed by atoms with Crippen LogP contribution in [0.1, 0.15) is 156 Å². The molecule has 4 unspecified atom stereocenters. The van der Waals surface area contributed by atoms with Crippen molar-refractivity contribution in [3.8, 4) is 0 Å². The van der Waals surface area contributed by atoms with E-state index in [0.717, 1.165) is 57.8 Å². The molecule has 0 aliphatic heterocycles. The lowest BCUT2D eigenvalue weighted by atomic mass is 10.0. The summed E-state index contributed by atoms with van der Waals surface area (Å²) < 4.78 is 69.5. The highest BCUT2D eigenvalue weighted by Gasteiger charge is 2.33. The lowest BCUT2D eigenvalue weighted by Gasteiger charge is -2.23. The Hall–Kier alpha value is -3.47. The van der Waals surface area contributed by atoms with Crippen molar-refractivity contribution in [2.45, 2.75) is 168 Å². The Labute approximate surface area is 413 Å². The van der Waals surface area contributed by atoms with E-state index in [2.05, 4.69) is 56.1 Å². The molecule has 3 amide bonds. The van der Waals surface area contributed by atoms with E-state index in [0.29, 0.717) is 19.3 Å². The van der Waals surface area contributed by atoms with Crippen LogP contribution in [0.5, 0.6) is 0 Å². The molecule has 20 heteroatoms. The Morgan fingerprint density at radius 3 is 1.57 bits per heavy atom. The number of rotatable bonds is 49. The predicted molar refractivity (Wildman–Crippen MR) is 268 cm³/mol. The maximum atomic E-state index is 13.9. The number of nitrogens with one attached hydrogen (secondary N) is 3. The third-order valence-corrected chi connectivity index (χ3v) is 13.2. The van der Waals surface area contributed by atoms with Gasteiger partial charge in [0.25, 0.3) is 0 Å². The van der Waals surface area contributed by atoms with Crippen LogP contribution in [0.2, 0.25) is 0 Å². The molecule has 0 radical (unpaired) electrons. The quantitative estimate of drug-likeness (QED) is 0.0169. The van der Waals surface area contributed by atoms with Crippen molar-refractivity contribution < 1.29 is 69.7 Å². The van der Waals surface area contributed by atoms with Gasteiger partial charge in [-0.1, -0.05) is 135 Å². The molecule has 18 nitrogen and oxygen atoms in total. The van der Waals surface area contributed by atoms with Crippen LogP contribution in [0.25, 0.3) is 0 Å². The maximum absolute atomic E-state index is 13.9. The SMILES string of the molecule is C=CCOC(=O)C(CCCOP(=O)(OCC=C)OCC=C)C(=O)NCCOP(=O)(OCC=C)OCC(NC(=O)CCCCCCCCCCCCC)C(=O)NCCC(CCCCCCC)OC(C)=O. The average Bonchev–Trinajstić information content (AvgIpc) is 3.32. The zero-order valence-corrected chi connectivity index (χ0v) is 43.9. The van der Waals surface area contributed by atoms with Crippen molar-refractivity contribution in [2.75, 3.05) is 59.3 Å². The predicted octanol–water partition coefficient (Wildman–Crippen LogP) is 10.1. The number of hydrogen-bond donors (Lipinski definition) is 3. The summed E-state index contributed by atoms with van der Waals surface area (Å²) in [4.78, 5) is 64.8. The van der Waals surface area contributed by atoms with E-state index >= 15 is 0 Å². The van der Waals surface area contributed by atoms with Gasteiger partial charge in [-0.05, 0) is 32.1 Å². The molecule has 398 valence electrons. The third-order valence-electron chi connectivity index (χ3n) is 10.3.